The molecule has 0 aromatic heterocycles. The number of nitrogens with zero attached hydrogens (tertiary/aromatic N) is 3. The first kappa shape index (κ1) is 21.6. The summed E-state index contributed by atoms with van der Waals surface area (Å²) >= 11 is 0. The Morgan fingerprint density at radius 1 is 1.28 bits per heavy atom. The van der Waals surface area contributed by atoms with Crippen LogP contribution < -0.4 is 10.6 Å². The number of likely N-dealkylation sites (N-methyl/N-ethyl adjacent to an activating group) is 1. The maximum absolute atomic E-state index is 14.2. The van der Waals surface area contributed by atoms with Crippen molar-refractivity contribution in [2.75, 3.05) is 46.8 Å². The van der Waals surface area contributed by atoms with Crippen molar-refractivity contribution in [3.05, 3.63) is 35.6 Å². The Balaban J connectivity index is 1.54. The normalized spacial score (nSPS) is 19.7. The molecular formula is C22H34FN5O. The quantitative estimate of drug-likeness (QED) is 0.540. The topological polar surface area (TPSA) is 60.0 Å². The number of hydrogen-bond donors (Lipinski definition) is 2. The molecule has 0 bridgehead atoms. The zero-order valence-electron chi connectivity index (χ0n) is 17.9. The molecule has 3 rings (SSSR count). The number of piperidine rings is 1. The number of hydrogen-bond acceptors (Lipinski definition) is 3. The van der Waals surface area contributed by atoms with E-state index in [9.17, 15) is 9.18 Å². The van der Waals surface area contributed by atoms with Gasteiger partial charge in [0, 0.05) is 45.2 Å². The van der Waals surface area contributed by atoms with E-state index in [4.69, 9.17) is 4.99 Å². The number of rotatable bonds is 7. The highest BCUT2D eigenvalue weighted by atomic mass is 19.1. The van der Waals surface area contributed by atoms with Crippen LogP contribution >= 0.6 is 0 Å². The molecule has 1 aromatic rings. The number of aliphatic imine (C=N–C) groups is 1. The van der Waals surface area contributed by atoms with Crippen molar-refractivity contribution in [3.63, 3.8) is 0 Å². The second kappa shape index (κ2) is 9.57. The van der Waals surface area contributed by atoms with E-state index >= 15 is 0 Å². The number of carbonyl (C=O) groups is 1. The number of halogens is 1. The second-order valence-corrected chi connectivity index (χ2v) is 8.44. The second-order valence-electron chi connectivity index (χ2n) is 8.44. The molecule has 2 N–H and O–H groups in total. The number of amides is 1. The highest BCUT2D eigenvalue weighted by Gasteiger charge is 2.45. The third kappa shape index (κ3) is 5.69. The van der Waals surface area contributed by atoms with E-state index in [1.54, 1.807) is 25.1 Å². The van der Waals surface area contributed by atoms with Crippen molar-refractivity contribution in [1.29, 1.82) is 0 Å². The molecule has 29 heavy (non-hydrogen) atoms. The fraction of sp³-hybridized carbons (Fsp3) is 0.636. The minimum Gasteiger partial charge on any atom is -0.357 e. The molecule has 1 amide bonds. The average molecular weight is 404 g/mol. The molecule has 0 atom stereocenters. The molecule has 0 unspecified atom stereocenters. The number of benzene rings is 1. The van der Waals surface area contributed by atoms with Crippen LogP contribution in [0.5, 0.6) is 0 Å². The number of likely N-dealkylation sites (tertiary alicyclic amines) is 1. The summed E-state index contributed by atoms with van der Waals surface area (Å²) in [4.78, 5) is 20.6. The maximum atomic E-state index is 14.2. The smallest absolute Gasteiger partial charge is 0.236 e. The molecule has 160 valence electrons. The van der Waals surface area contributed by atoms with Crippen molar-refractivity contribution in [1.82, 2.24) is 20.4 Å². The van der Waals surface area contributed by atoms with Gasteiger partial charge in [-0.3, -0.25) is 14.7 Å². The SMILES string of the molecule is CCNC(=NCC1(c2ccccc2F)CC1)NC1CCN(CC(=O)N(C)C)CC1. The van der Waals surface area contributed by atoms with Gasteiger partial charge in [0.15, 0.2) is 5.96 Å². The number of guanidine groups is 1. The van der Waals surface area contributed by atoms with E-state index in [2.05, 4.69) is 22.5 Å². The first-order chi connectivity index (χ1) is 13.9. The van der Waals surface area contributed by atoms with E-state index in [1.807, 2.05) is 12.1 Å². The summed E-state index contributed by atoms with van der Waals surface area (Å²) in [5, 5.41) is 6.87. The largest absolute Gasteiger partial charge is 0.357 e. The van der Waals surface area contributed by atoms with Crippen LogP contribution in [-0.2, 0) is 10.2 Å². The molecule has 2 fully saturated rings. The van der Waals surface area contributed by atoms with Gasteiger partial charge in [-0.1, -0.05) is 18.2 Å². The van der Waals surface area contributed by atoms with Gasteiger partial charge in [-0.2, -0.15) is 0 Å². The van der Waals surface area contributed by atoms with Gasteiger partial charge in [0.2, 0.25) is 5.91 Å². The summed E-state index contributed by atoms with van der Waals surface area (Å²) in [5.74, 6) is 0.824. The summed E-state index contributed by atoms with van der Waals surface area (Å²) in [6, 6.07) is 7.41. The van der Waals surface area contributed by atoms with Gasteiger partial charge in [-0.25, -0.2) is 4.39 Å². The Bertz CT molecular complexity index is 724. The Hall–Kier alpha value is -2.15. The standard InChI is InChI=1S/C22H34FN5O/c1-4-24-21(25-16-22(11-12-22)18-7-5-6-8-19(18)23)26-17-9-13-28(14-10-17)15-20(29)27(2)3/h5-8,17H,4,9-16H2,1-3H3,(H2,24,25,26). The summed E-state index contributed by atoms with van der Waals surface area (Å²) in [6.07, 6.45) is 3.91. The predicted octanol–water partition coefficient (Wildman–Crippen LogP) is 1.97. The molecule has 1 aliphatic carbocycles. The van der Waals surface area contributed by atoms with E-state index in [0.29, 0.717) is 19.1 Å². The lowest BCUT2D eigenvalue weighted by atomic mass is 9.95. The Labute approximate surface area is 173 Å². The molecule has 1 heterocycles. The highest BCUT2D eigenvalue weighted by Crippen LogP contribution is 2.49. The van der Waals surface area contributed by atoms with Gasteiger partial charge in [0.05, 0.1) is 13.1 Å². The lowest BCUT2D eigenvalue weighted by molar-refractivity contribution is -0.130. The van der Waals surface area contributed by atoms with Crippen LogP contribution in [0.3, 0.4) is 0 Å². The van der Waals surface area contributed by atoms with Gasteiger partial charge < -0.3 is 15.5 Å². The molecule has 1 aromatic carbocycles. The fourth-order valence-electron chi connectivity index (χ4n) is 3.87. The average Bonchev–Trinajstić information content (AvgIpc) is 3.49. The molecule has 1 saturated carbocycles. The van der Waals surface area contributed by atoms with Crippen molar-refractivity contribution in [2.24, 2.45) is 4.99 Å². The van der Waals surface area contributed by atoms with Crippen molar-refractivity contribution in [2.45, 2.75) is 44.1 Å². The minimum atomic E-state index is -0.149. The molecule has 6 nitrogen and oxygen atoms in total. The van der Waals surface area contributed by atoms with Crippen LogP contribution in [-0.4, -0.2) is 74.5 Å². The van der Waals surface area contributed by atoms with Crippen molar-refractivity contribution >= 4 is 11.9 Å². The zero-order chi connectivity index (χ0) is 20.9. The lowest BCUT2D eigenvalue weighted by Crippen LogP contribution is -2.50. The first-order valence-corrected chi connectivity index (χ1v) is 10.7. The van der Waals surface area contributed by atoms with Crippen molar-refractivity contribution < 1.29 is 9.18 Å². The Morgan fingerprint density at radius 2 is 1.97 bits per heavy atom. The molecule has 7 heteroatoms. The van der Waals surface area contributed by atoms with Gasteiger partial charge in [0.1, 0.15) is 5.82 Å². The summed E-state index contributed by atoms with van der Waals surface area (Å²) in [6.45, 7) is 5.72. The molecule has 0 radical (unpaired) electrons. The van der Waals surface area contributed by atoms with Crippen LogP contribution in [0, 0.1) is 5.82 Å². The van der Waals surface area contributed by atoms with Crippen molar-refractivity contribution in [3.8, 4) is 0 Å². The van der Waals surface area contributed by atoms with E-state index < -0.39 is 0 Å². The lowest BCUT2D eigenvalue weighted by Gasteiger charge is -2.33. The van der Waals surface area contributed by atoms with Crippen LogP contribution in [0.1, 0.15) is 38.2 Å². The molecule has 0 spiro atoms. The number of nitrogens with one attached hydrogen (secondary N) is 2. The van der Waals surface area contributed by atoms with E-state index in [1.165, 1.54) is 6.07 Å². The first-order valence-electron chi connectivity index (χ1n) is 10.7. The summed E-state index contributed by atoms with van der Waals surface area (Å²) in [5.41, 5.74) is 0.641. The monoisotopic (exact) mass is 403 g/mol. The number of carbonyl (C=O) groups excluding carboxylic acids is 1. The van der Waals surface area contributed by atoms with Crippen LogP contribution in [0.25, 0.3) is 0 Å². The Morgan fingerprint density at radius 3 is 2.55 bits per heavy atom. The molecule has 2 aliphatic rings. The van der Waals surface area contributed by atoms with Gasteiger partial charge >= 0.3 is 0 Å². The Kier molecular flexibility index (Phi) is 7.11. The zero-order valence-corrected chi connectivity index (χ0v) is 17.9. The summed E-state index contributed by atoms with van der Waals surface area (Å²) < 4.78 is 14.2. The maximum Gasteiger partial charge on any atom is 0.236 e. The highest BCUT2D eigenvalue weighted by molar-refractivity contribution is 5.80. The third-order valence-electron chi connectivity index (χ3n) is 5.97. The third-order valence-corrected chi connectivity index (χ3v) is 5.97. The molecule has 1 aliphatic heterocycles. The van der Waals surface area contributed by atoms with Crippen LogP contribution in [0.4, 0.5) is 4.39 Å². The van der Waals surface area contributed by atoms with E-state index in [0.717, 1.165) is 56.8 Å². The fourth-order valence-corrected chi connectivity index (χ4v) is 3.87. The van der Waals surface area contributed by atoms with Gasteiger partial charge in [0.25, 0.3) is 0 Å². The van der Waals surface area contributed by atoms with Crippen LogP contribution in [0.15, 0.2) is 29.3 Å². The van der Waals surface area contributed by atoms with Gasteiger partial charge in [-0.15, -0.1) is 0 Å². The predicted molar refractivity (Wildman–Crippen MR) is 115 cm³/mol. The summed E-state index contributed by atoms with van der Waals surface area (Å²) in [7, 11) is 3.59. The van der Waals surface area contributed by atoms with Gasteiger partial charge in [-0.05, 0) is 44.2 Å². The molecular weight excluding hydrogens is 369 g/mol. The molecule has 1 saturated heterocycles. The minimum absolute atomic E-state index is 0.127. The van der Waals surface area contributed by atoms with E-state index in [-0.39, 0.29) is 17.1 Å². The van der Waals surface area contributed by atoms with Crippen LogP contribution in [0.2, 0.25) is 0 Å².